The van der Waals surface area contributed by atoms with Gasteiger partial charge in [-0.15, -0.1) is 0 Å². The Labute approximate surface area is 162 Å². The second kappa shape index (κ2) is 7.21. The number of imidazole rings is 1. The minimum absolute atomic E-state index is 0.183. The van der Waals surface area contributed by atoms with Gasteiger partial charge in [-0.3, -0.25) is 9.20 Å². The number of anilines is 1. The average molecular weight is 381 g/mol. The van der Waals surface area contributed by atoms with Crippen LogP contribution < -0.4 is 22.0 Å². The number of aromatic nitrogens is 3. The summed E-state index contributed by atoms with van der Waals surface area (Å²) < 4.78 is 1.55. The molecule has 0 bridgehead atoms. The molecule has 0 spiro atoms. The molecule has 2 aromatic heterocycles. The maximum Gasteiger partial charge on any atom is 0.267 e. The Morgan fingerprint density at radius 3 is 2.81 bits per heavy atom. The van der Waals surface area contributed by atoms with Gasteiger partial charge in [0.25, 0.3) is 5.91 Å². The van der Waals surface area contributed by atoms with Gasteiger partial charge in [-0.2, -0.15) is 0 Å². The van der Waals surface area contributed by atoms with E-state index in [9.17, 15) is 4.79 Å². The van der Waals surface area contributed by atoms with Crippen LogP contribution in [0.1, 0.15) is 23.3 Å². The van der Waals surface area contributed by atoms with E-state index in [1.54, 1.807) is 16.5 Å². The molecule has 4 rings (SSSR count). The van der Waals surface area contributed by atoms with Crippen molar-refractivity contribution in [2.75, 3.05) is 18.4 Å². The minimum Gasteiger partial charge on any atom is -0.364 e. The Morgan fingerprint density at radius 2 is 2.15 bits per heavy atom. The highest BCUT2D eigenvalue weighted by Crippen LogP contribution is 2.23. The first-order valence-corrected chi connectivity index (χ1v) is 9.12. The molecule has 2 radical (unpaired) electrons. The van der Waals surface area contributed by atoms with Gasteiger partial charge >= 0.3 is 0 Å². The van der Waals surface area contributed by atoms with Crippen LogP contribution in [-0.2, 0) is 0 Å². The van der Waals surface area contributed by atoms with Crippen molar-refractivity contribution in [1.82, 2.24) is 19.7 Å². The number of hydrogen-bond acceptors (Lipinski definition) is 5. The smallest absolute Gasteiger partial charge is 0.267 e. The molecule has 3 aromatic rings. The maximum absolute atomic E-state index is 11.9. The fourth-order valence-electron chi connectivity index (χ4n) is 3.34. The standard InChI is InChI=1S/C18H18BClN6O/c19-15-14(10-3-5-11(20)6-4-10)25-18-17(24-12-2-1-7-22-8-12)23-9-13(16(21)27)26(15)18/h3-6,9,12,22H,1-2,7-8H2,(H2,21,27)(H,23,24). The fraction of sp³-hybridized carbons (Fsp3) is 0.278. The van der Waals surface area contributed by atoms with Crippen LogP contribution in [0.15, 0.2) is 30.5 Å². The van der Waals surface area contributed by atoms with E-state index < -0.39 is 5.91 Å². The van der Waals surface area contributed by atoms with Crippen LogP contribution in [0.2, 0.25) is 5.02 Å². The van der Waals surface area contributed by atoms with E-state index in [0.717, 1.165) is 31.5 Å². The second-order valence-electron chi connectivity index (χ2n) is 6.56. The Kier molecular flexibility index (Phi) is 4.76. The van der Waals surface area contributed by atoms with E-state index in [1.807, 2.05) is 12.1 Å². The summed E-state index contributed by atoms with van der Waals surface area (Å²) >= 11 is 5.97. The summed E-state index contributed by atoms with van der Waals surface area (Å²) in [5.74, 6) is -0.0502. The number of piperidine rings is 1. The van der Waals surface area contributed by atoms with Crippen LogP contribution in [0.25, 0.3) is 16.9 Å². The summed E-state index contributed by atoms with van der Waals surface area (Å²) in [5.41, 5.74) is 7.84. The molecule has 1 aromatic carbocycles. The monoisotopic (exact) mass is 380 g/mol. The van der Waals surface area contributed by atoms with Gasteiger partial charge < -0.3 is 16.4 Å². The third-order valence-electron chi connectivity index (χ3n) is 4.69. The predicted molar refractivity (Wildman–Crippen MR) is 107 cm³/mol. The number of primary amides is 1. The number of nitrogens with one attached hydrogen (secondary N) is 2. The summed E-state index contributed by atoms with van der Waals surface area (Å²) in [6.07, 6.45) is 3.54. The van der Waals surface area contributed by atoms with Crippen molar-refractivity contribution in [2.45, 2.75) is 18.9 Å². The molecule has 1 aliphatic heterocycles. The summed E-state index contributed by atoms with van der Waals surface area (Å²) in [6, 6.07) is 7.42. The van der Waals surface area contributed by atoms with Gasteiger partial charge in [-0.05, 0) is 37.1 Å². The van der Waals surface area contributed by atoms with Gasteiger partial charge in [-0.1, -0.05) is 23.7 Å². The first-order valence-electron chi connectivity index (χ1n) is 8.74. The number of halogens is 1. The molecule has 1 saturated heterocycles. The Balaban J connectivity index is 1.85. The van der Waals surface area contributed by atoms with Gasteiger partial charge in [-0.25, -0.2) is 9.97 Å². The zero-order valence-electron chi connectivity index (χ0n) is 14.6. The topological polar surface area (TPSA) is 97.3 Å². The number of hydrogen-bond donors (Lipinski definition) is 3. The van der Waals surface area contributed by atoms with Gasteiger partial charge in [0, 0.05) is 23.2 Å². The van der Waals surface area contributed by atoms with Gasteiger partial charge in [0.15, 0.2) is 11.5 Å². The molecule has 7 nitrogen and oxygen atoms in total. The molecule has 1 amide bonds. The lowest BCUT2D eigenvalue weighted by Gasteiger charge is -2.24. The molecule has 3 heterocycles. The highest BCUT2D eigenvalue weighted by molar-refractivity contribution is 6.35. The number of rotatable bonds is 4. The van der Waals surface area contributed by atoms with Crippen molar-refractivity contribution in [3.8, 4) is 11.3 Å². The lowest BCUT2D eigenvalue weighted by Crippen LogP contribution is -2.38. The Hall–Kier alpha value is -2.58. The third kappa shape index (κ3) is 3.38. The molecule has 0 aliphatic carbocycles. The van der Waals surface area contributed by atoms with Gasteiger partial charge in [0.05, 0.1) is 11.9 Å². The maximum atomic E-state index is 11.9. The van der Waals surface area contributed by atoms with Crippen LogP contribution in [0, 0.1) is 0 Å². The van der Waals surface area contributed by atoms with E-state index >= 15 is 0 Å². The van der Waals surface area contributed by atoms with Gasteiger partial charge in [0.2, 0.25) is 0 Å². The number of carbonyl (C=O) groups is 1. The number of nitrogens with zero attached hydrogens (tertiary/aromatic N) is 3. The Bertz CT molecular complexity index is 997. The number of nitrogens with two attached hydrogens (primary N) is 1. The quantitative estimate of drug-likeness (QED) is 0.589. The average Bonchev–Trinajstić information content (AvgIpc) is 3.01. The zero-order valence-corrected chi connectivity index (χ0v) is 15.3. The zero-order chi connectivity index (χ0) is 19.0. The number of benzene rings is 1. The number of carbonyl (C=O) groups excluding carboxylic acids is 1. The van der Waals surface area contributed by atoms with Crippen LogP contribution >= 0.6 is 11.6 Å². The molecule has 1 aliphatic rings. The molecular formula is C18H18BClN6O. The normalized spacial score (nSPS) is 17.1. The number of fused-ring (bicyclic) bond motifs is 1. The predicted octanol–water partition coefficient (Wildman–Crippen LogP) is 1.11. The molecule has 9 heteroatoms. The van der Waals surface area contributed by atoms with E-state index in [-0.39, 0.29) is 11.7 Å². The fourth-order valence-corrected chi connectivity index (χ4v) is 3.47. The van der Waals surface area contributed by atoms with E-state index in [4.69, 9.17) is 25.2 Å². The van der Waals surface area contributed by atoms with Crippen LogP contribution in [0.3, 0.4) is 0 Å². The third-order valence-corrected chi connectivity index (χ3v) is 4.94. The highest BCUT2D eigenvalue weighted by atomic mass is 35.5. The SMILES string of the molecule is [B]c1c(-c2ccc(Cl)cc2)nc2c(NC3CCCNC3)ncc(C(N)=O)n12. The molecule has 1 atom stereocenters. The van der Waals surface area contributed by atoms with Crippen molar-refractivity contribution < 1.29 is 4.79 Å². The number of amides is 1. The Morgan fingerprint density at radius 1 is 1.37 bits per heavy atom. The lowest BCUT2D eigenvalue weighted by atomic mass is 9.97. The molecule has 1 fully saturated rings. The summed E-state index contributed by atoms with van der Waals surface area (Å²) in [5, 5.41) is 7.38. The molecule has 136 valence electrons. The molecular weight excluding hydrogens is 363 g/mol. The first-order chi connectivity index (χ1) is 13.0. The van der Waals surface area contributed by atoms with Crippen molar-refractivity contribution in [1.29, 1.82) is 0 Å². The largest absolute Gasteiger partial charge is 0.364 e. The van der Waals surface area contributed by atoms with Crippen molar-refractivity contribution in [3.63, 3.8) is 0 Å². The second-order valence-corrected chi connectivity index (χ2v) is 6.99. The van der Waals surface area contributed by atoms with E-state index in [0.29, 0.717) is 27.8 Å². The summed E-state index contributed by atoms with van der Waals surface area (Å²) in [6.45, 7) is 1.85. The first kappa shape index (κ1) is 17.8. The van der Waals surface area contributed by atoms with Crippen LogP contribution in [0.5, 0.6) is 0 Å². The lowest BCUT2D eigenvalue weighted by molar-refractivity contribution is 0.0994. The highest BCUT2D eigenvalue weighted by Gasteiger charge is 2.21. The van der Waals surface area contributed by atoms with Crippen molar-refractivity contribution >= 4 is 42.4 Å². The molecule has 0 saturated carbocycles. The van der Waals surface area contributed by atoms with E-state index in [2.05, 4.69) is 20.6 Å². The van der Waals surface area contributed by atoms with Crippen molar-refractivity contribution in [2.24, 2.45) is 5.73 Å². The molecule has 4 N–H and O–H groups in total. The molecule has 27 heavy (non-hydrogen) atoms. The van der Waals surface area contributed by atoms with Gasteiger partial charge in [0.1, 0.15) is 13.5 Å². The van der Waals surface area contributed by atoms with Crippen LogP contribution in [-0.4, -0.2) is 47.3 Å². The van der Waals surface area contributed by atoms with Crippen LogP contribution in [0.4, 0.5) is 5.82 Å². The minimum atomic E-state index is -0.620. The molecule has 1 unspecified atom stereocenters. The van der Waals surface area contributed by atoms with E-state index in [1.165, 1.54) is 6.20 Å². The summed E-state index contributed by atoms with van der Waals surface area (Å²) in [7, 11) is 6.34. The summed E-state index contributed by atoms with van der Waals surface area (Å²) in [4.78, 5) is 20.9. The van der Waals surface area contributed by atoms with Crippen molar-refractivity contribution in [3.05, 3.63) is 41.2 Å².